The normalized spacial score (nSPS) is 17.2. The van der Waals surface area contributed by atoms with Crippen LogP contribution in [-0.4, -0.2) is 205 Å². The van der Waals surface area contributed by atoms with Gasteiger partial charge in [-0.25, -0.2) is 17.6 Å². The minimum atomic E-state index is -7.33. The van der Waals surface area contributed by atoms with Gasteiger partial charge in [0, 0.05) is 34.0 Å². The summed E-state index contributed by atoms with van der Waals surface area (Å²) < 4.78 is 562. The Balaban J connectivity index is 0. The number of hydrogen-bond donors (Lipinski definition) is 0. The van der Waals surface area contributed by atoms with Gasteiger partial charge in [-0.05, 0) is 6.42 Å². The summed E-state index contributed by atoms with van der Waals surface area (Å²) in [5.74, 6) is -29.3. The first kappa shape index (κ1) is 87.7. The van der Waals surface area contributed by atoms with Crippen LogP contribution < -0.4 is 0 Å². The quantitative estimate of drug-likeness (QED) is 0.0252. The van der Waals surface area contributed by atoms with Crippen molar-refractivity contribution in [2.45, 2.75) is 147 Å². The summed E-state index contributed by atoms with van der Waals surface area (Å²) in [6.45, 7) is -6.76. The lowest BCUT2D eigenvalue weighted by molar-refractivity contribution is -0.472. The minimum absolute atomic E-state index is 0.173. The highest BCUT2D eigenvalue weighted by atomic mass is 28.4. The molecule has 0 amide bonds. The van der Waals surface area contributed by atoms with E-state index in [1.807, 2.05) is 0 Å². The molecular weight excluding hydrogens is 1420 g/mol. The molecule has 0 aliphatic carbocycles. The Morgan fingerprint density at radius 2 is 0.573 bits per heavy atom. The Bertz CT molecular complexity index is 2100. The molecule has 0 aliphatic rings. The van der Waals surface area contributed by atoms with Crippen molar-refractivity contribution in [1.29, 1.82) is 0 Å². The summed E-state index contributed by atoms with van der Waals surface area (Å²) in [6.07, 6.45) is -109. The van der Waals surface area contributed by atoms with Crippen LogP contribution in [0.5, 0.6) is 0 Å². The van der Waals surface area contributed by atoms with E-state index < -0.39 is 183 Å². The highest BCUT2D eigenvalue weighted by Crippen LogP contribution is 2.53. The second kappa shape index (κ2) is 30.8. The van der Waals surface area contributed by atoms with Crippen LogP contribution in [0.4, 0.5) is 176 Å². The van der Waals surface area contributed by atoms with Crippen LogP contribution in [0.2, 0.25) is 6.04 Å². The molecule has 0 rings (SSSR count). The minimum Gasteiger partial charge on any atom is -0.379 e. The maximum absolute atomic E-state index is 14.1. The van der Waals surface area contributed by atoms with Crippen LogP contribution in [0, 0.1) is 0 Å². The van der Waals surface area contributed by atoms with Crippen molar-refractivity contribution in [2.24, 2.45) is 0 Å². The fourth-order valence-electron chi connectivity index (χ4n) is 4.52. The van der Waals surface area contributed by atoms with Crippen molar-refractivity contribution in [3.8, 4) is 0 Å². The highest BCUT2D eigenvalue weighted by Gasteiger charge is 2.79. The molecule has 89 heavy (non-hydrogen) atoms. The average molecular weight is 1450 g/mol. The van der Waals surface area contributed by atoms with Crippen LogP contribution >= 0.6 is 0 Å². The van der Waals surface area contributed by atoms with Gasteiger partial charge in [0.2, 0.25) is 0 Å². The average Bonchev–Trinajstić information content (AvgIpc) is 0.948. The zero-order chi connectivity index (χ0) is 71.5. The van der Waals surface area contributed by atoms with E-state index in [2.05, 4.69) is 53.9 Å². The first-order chi connectivity index (χ1) is 39.1. The maximum atomic E-state index is 14.1. The van der Waals surface area contributed by atoms with E-state index in [1.54, 1.807) is 0 Å². The Hall–Kier alpha value is -3.36. The van der Waals surface area contributed by atoms with Gasteiger partial charge in [0.15, 0.2) is 0 Å². The molecule has 536 valence electrons. The SMILES string of the molecule is C=CCOCC(COC(F)(F)C(F)OC(F)(F)C(F)(F)C(F)(F)F)OC(F)(F)C(F)OC(F)(F)C(F)(F)C(F)(F)F.CO[Si](CCCOCC(COC(F)(F)C(F)OC(F)(F)C(F)(F)C(F)(F)F)OC(F)(F)C(F)OC(F)(F)C(F)(F)C(F)(F)F)(OC)OC. The predicted molar refractivity (Wildman–Crippen MR) is 197 cm³/mol. The standard InChI is InChI=1S/C19H22F20O8Si.C16H12F20O5/c1-40-48(41-2,42-3)6-4-5-43-7-9(45-13(24,25)11(21)47-19(38,39)15(28,29)17(33,34)35)8-44-12(22,23)10(20)46-18(36,37)14(26,27)16(30,31)32;1-2-3-37-4-6(39-10(21,22)8(18)41-16(35,36)12(25,26)14(30,31)32)5-38-9(19,20)7(17)40-15(33,34)11(23,24)13(27,28)29/h9-11H,4-8H2,1-3H3;2,6-8H,1,3-5H2. The first-order valence-electron chi connectivity index (χ1n) is 21.3. The fraction of sp³-hybridized carbons (Fsp3) is 0.943. The molecule has 0 N–H and O–H groups in total. The summed E-state index contributed by atoms with van der Waals surface area (Å²) in [5, 5.41) is 0. The van der Waals surface area contributed by atoms with E-state index in [1.165, 1.54) is 0 Å². The molecule has 6 unspecified atom stereocenters. The number of halogens is 40. The van der Waals surface area contributed by atoms with Crippen molar-refractivity contribution < 1.29 is 236 Å². The maximum Gasteiger partial charge on any atom is 0.500 e. The summed E-state index contributed by atoms with van der Waals surface area (Å²) in [7, 11) is -0.0529. The van der Waals surface area contributed by atoms with E-state index in [0.29, 0.717) is 0 Å². The zero-order valence-corrected chi connectivity index (χ0v) is 43.3. The van der Waals surface area contributed by atoms with Crippen molar-refractivity contribution in [3.63, 3.8) is 0 Å². The lowest BCUT2D eigenvalue weighted by Gasteiger charge is -2.32. The largest absolute Gasteiger partial charge is 0.500 e. The van der Waals surface area contributed by atoms with Gasteiger partial charge in [0.1, 0.15) is 12.2 Å². The molecule has 0 aromatic carbocycles. The summed E-state index contributed by atoms with van der Waals surface area (Å²) in [4.78, 5) is 0. The van der Waals surface area contributed by atoms with Gasteiger partial charge in [-0.1, -0.05) is 6.08 Å². The van der Waals surface area contributed by atoms with Crippen molar-refractivity contribution in [1.82, 2.24) is 0 Å². The molecule has 6 atom stereocenters. The zero-order valence-electron chi connectivity index (χ0n) is 42.3. The van der Waals surface area contributed by atoms with E-state index in [0.717, 1.165) is 27.4 Å². The second-order valence-corrected chi connectivity index (χ2v) is 18.8. The number of rotatable bonds is 39. The lowest BCUT2D eigenvalue weighted by Crippen LogP contribution is -2.56. The Morgan fingerprint density at radius 1 is 0.337 bits per heavy atom. The molecule has 0 fully saturated rings. The third-order valence-corrected chi connectivity index (χ3v) is 11.9. The van der Waals surface area contributed by atoms with E-state index in [-0.39, 0.29) is 12.5 Å². The third-order valence-electron chi connectivity index (χ3n) is 9.07. The first-order valence-corrected chi connectivity index (χ1v) is 23.2. The van der Waals surface area contributed by atoms with Crippen LogP contribution in [0.1, 0.15) is 6.42 Å². The molecule has 13 nitrogen and oxygen atoms in total. The van der Waals surface area contributed by atoms with Gasteiger partial charge < -0.3 is 41.7 Å². The van der Waals surface area contributed by atoms with Crippen LogP contribution in [-0.2, 0) is 60.6 Å². The van der Waals surface area contributed by atoms with Crippen molar-refractivity contribution >= 4 is 8.80 Å². The van der Waals surface area contributed by atoms with Gasteiger partial charge in [-0.2, -0.15) is 158 Å². The molecule has 0 aromatic heterocycles. The van der Waals surface area contributed by atoms with Crippen LogP contribution in [0.15, 0.2) is 12.7 Å². The molecule has 0 heterocycles. The van der Waals surface area contributed by atoms with Crippen LogP contribution in [0.3, 0.4) is 0 Å². The van der Waals surface area contributed by atoms with Crippen molar-refractivity contribution in [3.05, 3.63) is 12.7 Å². The number of hydrogen-bond acceptors (Lipinski definition) is 13. The smallest absolute Gasteiger partial charge is 0.379 e. The third kappa shape index (κ3) is 23.3. The topological polar surface area (TPSA) is 120 Å². The molecule has 0 aliphatic heterocycles. The van der Waals surface area contributed by atoms with E-state index >= 15 is 0 Å². The molecule has 54 heteroatoms. The molecule has 0 bridgehead atoms. The van der Waals surface area contributed by atoms with Gasteiger partial charge >= 0.3 is 106 Å². The molecule has 0 saturated heterocycles. The highest BCUT2D eigenvalue weighted by molar-refractivity contribution is 6.60. The lowest BCUT2D eigenvalue weighted by atomic mass is 10.3. The Morgan fingerprint density at radius 3 is 0.798 bits per heavy atom. The van der Waals surface area contributed by atoms with E-state index in [9.17, 15) is 176 Å². The summed E-state index contributed by atoms with van der Waals surface area (Å²) in [5.41, 5.74) is 0. The Labute approximate surface area is 466 Å². The molecular formula is C35H34F40O13Si. The van der Waals surface area contributed by atoms with Crippen LogP contribution in [0.25, 0.3) is 0 Å². The van der Waals surface area contributed by atoms with Gasteiger partial charge in [0.25, 0.3) is 25.4 Å². The number of ether oxygens (including phenoxy) is 10. The molecule has 0 radical (unpaired) electrons. The fourth-order valence-corrected chi connectivity index (χ4v) is 6.21. The predicted octanol–water partition coefficient (Wildman–Crippen LogP) is 14.0. The van der Waals surface area contributed by atoms with E-state index in [4.69, 9.17) is 13.3 Å². The summed E-state index contributed by atoms with van der Waals surface area (Å²) in [6, 6.07) is -0.173. The Kier molecular flexibility index (Phi) is 30.4. The van der Waals surface area contributed by atoms with Gasteiger partial charge in [-0.3, -0.25) is 18.9 Å². The van der Waals surface area contributed by atoms with Crippen molar-refractivity contribution in [2.75, 3.05) is 61.0 Å². The van der Waals surface area contributed by atoms with Gasteiger partial charge in [-0.15, -0.1) is 6.58 Å². The van der Waals surface area contributed by atoms with Gasteiger partial charge in [0.05, 0.1) is 33.0 Å². The second-order valence-electron chi connectivity index (χ2n) is 15.7. The molecule has 0 aromatic rings. The molecule has 0 saturated carbocycles. The monoisotopic (exact) mass is 1450 g/mol. The summed E-state index contributed by atoms with van der Waals surface area (Å²) >= 11 is 0. The molecule has 0 spiro atoms. The number of alkyl halides is 40.